The van der Waals surface area contributed by atoms with E-state index in [1.165, 1.54) is 0 Å². The van der Waals surface area contributed by atoms with Crippen LogP contribution in [-0.2, 0) is 10.4 Å². The molecule has 1 amide bonds. The Balaban J connectivity index is 2.05. The average molecular weight is 323 g/mol. The van der Waals surface area contributed by atoms with Gasteiger partial charge < -0.3 is 10.0 Å². The predicted octanol–water partition coefficient (Wildman–Crippen LogP) is 3.15. The van der Waals surface area contributed by atoms with Crippen LogP contribution >= 0.6 is 0 Å². The van der Waals surface area contributed by atoms with Crippen molar-refractivity contribution < 1.29 is 14.7 Å². The number of benzene rings is 2. The largest absolute Gasteiger partial charge is 0.375 e. The second-order valence-electron chi connectivity index (χ2n) is 6.19. The number of aliphatic hydroxyl groups is 1. The Morgan fingerprint density at radius 3 is 2.42 bits per heavy atom. The molecule has 3 rings (SSSR count). The second-order valence-corrected chi connectivity index (χ2v) is 6.19. The van der Waals surface area contributed by atoms with E-state index in [1.807, 2.05) is 25.1 Å². The van der Waals surface area contributed by atoms with E-state index in [9.17, 15) is 14.7 Å². The van der Waals surface area contributed by atoms with Crippen LogP contribution in [0.2, 0.25) is 0 Å². The van der Waals surface area contributed by atoms with Gasteiger partial charge in [-0.05, 0) is 12.5 Å². The molecule has 0 radical (unpaired) electrons. The van der Waals surface area contributed by atoms with E-state index in [4.69, 9.17) is 0 Å². The van der Waals surface area contributed by atoms with Crippen LogP contribution in [0.15, 0.2) is 54.6 Å². The molecule has 4 heteroatoms. The lowest BCUT2D eigenvalue weighted by atomic mass is 9.79. The summed E-state index contributed by atoms with van der Waals surface area (Å²) in [5.41, 5.74) is -0.115. The van der Waals surface area contributed by atoms with Gasteiger partial charge in [0.05, 0.1) is 11.6 Å². The summed E-state index contributed by atoms with van der Waals surface area (Å²) in [5, 5.41) is 11.3. The standard InChI is InChI=1S/C20H21NO3/c1-3-13-21-17-12-8-7-11-16(17)20(24,19(21)23)14(2)18(22)15-9-5-4-6-10-15/h4-12,14,24H,3,13H2,1-2H3/t14-,20-/m0/s1. The van der Waals surface area contributed by atoms with Gasteiger partial charge in [0.1, 0.15) is 0 Å². The van der Waals surface area contributed by atoms with Crippen LogP contribution < -0.4 is 4.90 Å². The van der Waals surface area contributed by atoms with Gasteiger partial charge in [0.2, 0.25) is 0 Å². The highest BCUT2D eigenvalue weighted by Gasteiger charge is 2.54. The van der Waals surface area contributed by atoms with Gasteiger partial charge in [0, 0.05) is 17.7 Å². The maximum Gasteiger partial charge on any atom is 0.264 e. The molecule has 0 saturated heterocycles. The van der Waals surface area contributed by atoms with Gasteiger partial charge in [0.15, 0.2) is 11.4 Å². The molecule has 1 N–H and O–H groups in total. The van der Waals surface area contributed by atoms with Crippen molar-refractivity contribution >= 4 is 17.4 Å². The first-order valence-corrected chi connectivity index (χ1v) is 8.25. The fourth-order valence-electron chi connectivity index (χ4n) is 3.37. The Labute approximate surface area is 141 Å². The maximum absolute atomic E-state index is 13.0. The Morgan fingerprint density at radius 1 is 1.12 bits per heavy atom. The zero-order chi connectivity index (χ0) is 17.3. The first-order chi connectivity index (χ1) is 11.5. The maximum atomic E-state index is 13.0. The molecule has 0 aromatic heterocycles. The van der Waals surface area contributed by atoms with Crippen molar-refractivity contribution in [1.82, 2.24) is 0 Å². The number of hydrogen-bond donors (Lipinski definition) is 1. The average Bonchev–Trinajstić information content (AvgIpc) is 2.85. The van der Waals surface area contributed by atoms with Gasteiger partial charge in [-0.25, -0.2) is 0 Å². The van der Waals surface area contributed by atoms with Crippen molar-refractivity contribution in [2.75, 3.05) is 11.4 Å². The molecule has 4 nitrogen and oxygen atoms in total. The molecule has 0 aliphatic carbocycles. The number of carbonyl (C=O) groups is 2. The molecule has 1 aliphatic heterocycles. The number of carbonyl (C=O) groups excluding carboxylic acids is 2. The van der Waals surface area contributed by atoms with E-state index in [1.54, 1.807) is 48.2 Å². The summed E-state index contributed by atoms with van der Waals surface area (Å²) >= 11 is 0. The third kappa shape index (κ3) is 2.34. The van der Waals surface area contributed by atoms with Crippen molar-refractivity contribution in [1.29, 1.82) is 0 Å². The first kappa shape index (κ1) is 16.4. The second kappa shape index (κ2) is 6.21. The van der Waals surface area contributed by atoms with Gasteiger partial charge in [-0.3, -0.25) is 9.59 Å². The third-order valence-corrected chi connectivity index (χ3v) is 4.70. The lowest BCUT2D eigenvalue weighted by Crippen LogP contribution is -2.47. The number of anilines is 1. The molecule has 1 heterocycles. The Kier molecular flexibility index (Phi) is 4.24. The first-order valence-electron chi connectivity index (χ1n) is 8.25. The van der Waals surface area contributed by atoms with Crippen molar-refractivity contribution in [3.8, 4) is 0 Å². The molecule has 2 atom stereocenters. The van der Waals surface area contributed by atoms with E-state index in [0.29, 0.717) is 23.4 Å². The highest BCUT2D eigenvalue weighted by atomic mass is 16.3. The number of rotatable bonds is 5. The molecule has 1 aliphatic rings. The van der Waals surface area contributed by atoms with Crippen LogP contribution in [0.3, 0.4) is 0 Å². The van der Waals surface area contributed by atoms with Crippen LogP contribution in [0.25, 0.3) is 0 Å². The van der Waals surface area contributed by atoms with Gasteiger partial charge >= 0.3 is 0 Å². The summed E-state index contributed by atoms with van der Waals surface area (Å²) in [4.78, 5) is 27.4. The van der Waals surface area contributed by atoms with E-state index in [-0.39, 0.29) is 5.78 Å². The quantitative estimate of drug-likeness (QED) is 0.860. The van der Waals surface area contributed by atoms with Gasteiger partial charge in [-0.15, -0.1) is 0 Å². The zero-order valence-electron chi connectivity index (χ0n) is 13.9. The normalized spacial score (nSPS) is 20.8. The predicted molar refractivity (Wildman–Crippen MR) is 92.9 cm³/mol. The Bertz CT molecular complexity index is 771. The van der Waals surface area contributed by atoms with Crippen LogP contribution in [-0.4, -0.2) is 23.3 Å². The molecule has 2 aromatic rings. The van der Waals surface area contributed by atoms with E-state index in [2.05, 4.69) is 0 Å². The monoisotopic (exact) mass is 323 g/mol. The number of nitrogens with zero attached hydrogens (tertiary/aromatic N) is 1. The SMILES string of the molecule is CCCN1C(=O)[C@](O)([C@@H](C)C(=O)c2ccccc2)c2ccccc21. The Hall–Kier alpha value is -2.46. The van der Waals surface area contributed by atoms with Gasteiger partial charge in [-0.1, -0.05) is 62.4 Å². The summed E-state index contributed by atoms with van der Waals surface area (Å²) in [6, 6.07) is 16.0. The number of Topliss-reactive ketones (excluding diaryl/α,β-unsaturated/α-hetero) is 1. The van der Waals surface area contributed by atoms with Crippen molar-refractivity contribution in [3.05, 3.63) is 65.7 Å². The van der Waals surface area contributed by atoms with Gasteiger partial charge in [0.25, 0.3) is 5.91 Å². The highest BCUT2D eigenvalue weighted by molar-refractivity contribution is 6.11. The molecule has 2 aromatic carbocycles. The van der Waals surface area contributed by atoms with Crippen LogP contribution in [0.4, 0.5) is 5.69 Å². The summed E-state index contributed by atoms with van der Waals surface area (Å²) in [5.74, 6) is -1.52. The summed E-state index contributed by atoms with van der Waals surface area (Å²) in [6.07, 6.45) is 0.775. The molecule has 0 unspecified atom stereocenters. The topological polar surface area (TPSA) is 57.6 Å². The van der Waals surface area contributed by atoms with Crippen LogP contribution in [0.5, 0.6) is 0 Å². The van der Waals surface area contributed by atoms with Crippen LogP contribution in [0.1, 0.15) is 36.2 Å². The molecule has 0 spiro atoms. The lowest BCUT2D eigenvalue weighted by Gasteiger charge is -2.28. The van der Waals surface area contributed by atoms with Crippen molar-refractivity contribution in [2.45, 2.75) is 25.9 Å². The molecule has 24 heavy (non-hydrogen) atoms. The van der Waals surface area contributed by atoms with Crippen molar-refractivity contribution in [3.63, 3.8) is 0 Å². The van der Waals surface area contributed by atoms with E-state index >= 15 is 0 Å². The fraction of sp³-hybridized carbons (Fsp3) is 0.300. The number of amides is 1. The van der Waals surface area contributed by atoms with E-state index < -0.39 is 17.4 Å². The van der Waals surface area contributed by atoms with E-state index in [0.717, 1.165) is 6.42 Å². The molecular formula is C20H21NO3. The molecule has 0 bridgehead atoms. The number of para-hydroxylation sites is 1. The minimum absolute atomic E-state index is 0.236. The minimum atomic E-state index is -1.82. The summed E-state index contributed by atoms with van der Waals surface area (Å²) in [7, 11) is 0. The molecular weight excluding hydrogens is 302 g/mol. The van der Waals surface area contributed by atoms with Gasteiger partial charge in [-0.2, -0.15) is 0 Å². The number of hydrogen-bond acceptors (Lipinski definition) is 3. The van der Waals surface area contributed by atoms with Crippen LogP contribution in [0, 0.1) is 5.92 Å². The lowest BCUT2D eigenvalue weighted by molar-refractivity contribution is -0.139. The highest BCUT2D eigenvalue weighted by Crippen LogP contribution is 2.45. The molecule has 0 saturated carbocycles. The van der Waals surface area contributed by atoms with Crippen molar-refractivity contribution in [2.24, 2.45) is 5.92 Å². The third-order valence-electron chi connectivity index (χ3n) is 4.70. The summed E-state index contributed by atoms with van der Waals surface area (Å²) in [6.45, 7) is 4.12. The smallest absolute Gasteiger partial charge is 0.264 e. The zero-order valence-corrected chi connectivity index (χ0v) is 13.9. The molecule has 124 valence electrons. The molecule has 0 fully saturated rings. The minimum Gasteiger partial charge on any atom is -0.375 e. The summed E-state index contributed by atoms with van der Waals surface area (Å²) < 4.78 is 0. The Morgan fingerprint density at radius 2 is 1.75 bits per heavy atom. The fourth-order valence-corrected chi connectivity index (χ4v) is 3.37. The number of ketones is 1. The number of fused-ring (bicyclic) bond motifs is 1.